The number of halogens is 2. The van der Waals surface area contributed by atoms with Gasteiger partial charge in [0.05, 0.1) is 17.7 Å². The fourth-order valence-electron chi connectivity index (χ4n) is 11.3. The lowest BCUT2D eigenvalue weighted by Gasteiger charge is -2.38. The minimum absolute atomic E-state index is 0.105. The van der Waals surface area contributed by atoms with Crippen LogP contribution in [0.4, 0.5) is 14.6 Å². The molecule has 6 N–H and O–H groups in total. The first-order valence-electron chi connectivity index (χ1n) is 24.7. The van der Waals surface area contributed by atoms with Gasteiger partial charge in [0.25, 0.3) is 0 Å². The number of aromatic nitrogens is 2. The summed E-state index contributed by atoms with van der Waals surface area (Å²) in [4.78, 5) is 31.5. The van der Waals surface area contributed by atoms with Gasteiger partial charge in [0, 0.05) is 61.6 Å². The van der Waals surface area contributed by atoms with E-state index in [9.17, 15) is 19.8 Å². The molecule has 0 aliphatic carbocycles. The number of carbonyl (C=O) groups is 2. The predicted molar refractivity (Wildman–Crippen MR) is 261 cm³/mol. The quantitative estimate of drug-likeness (QED) is 0.0668. The lowest BCUT2D eigenvalue weighted by molar-refractivity contribution is -0.125. The SMILES string of the molecule is Cc1c(F)cc2c(c1-c1c(C(N)=O)ccc(OCCO)c1F)C(C)C(CNCCCCN1CCC(CN3CCC(c4ccc5c(N6CCC(=O)NC6O)nn(C)c5c4)CC3)CC1)(c1ccccc1)O2. The van der Waals surface area contributed by atoms with E-state index in [-0.39, 0.29) is 52.9 Å². The third-order valence-electron chi connectivity index (χ3n) is 15.2. The molecular weight excluding hydrogens is 883 g/mol. The van der Waals surface area contributed by atoms with Crippen molar-refractivity contribution in [2.75, 3.05) is 77.0 Å². The lowest BCUT2D eigenvalue weighted by atomic mass is 9.76. The zero-order valence-corrected chi connectivity index (χ0v) is 40.0. The fourth-order valence-corrected chi connectivity index (χ4v) is 11.3. The molecule has 4 aliphatic rings. The number of hydrogen-bond donors (Lipinski definition) is 5. The lowest BCUT2D eigenvalue weighted by Crippen LogP contribution is -2.54. The number of fused-ring (bicyclic) bond motifs is 2. The van der Waals surface area contributed by atoms with Crippen LogP contribution in [-0.2, 0) is 17.4 Å². The Hall–Kier alpha value is -5.65. The Kier molecular flexibility index (Phi) is 14.5. The molecule has 0 bridgehead atoms. The first-order valence-corrected chi connectivity index (χ1v) is 24.7. The summed E-state index contributed by atoms with van der Waals surface area (Å²) in [5.41, 5.74) is 8.78. The van der Waals surface area contributed by atoms with Crippen LogP contribution in [0.25, 0.3) is 22.0 Å². The van der Waals surface area contributed by atoms with Crippen molar-refractivity contribution >= 4 is 28.5 Å². The van der Waals surface area contributed by atoms with Gasteiger partial charge in [-0.1, -0.05) is 43.3 Å². The Morgan fingerprint density at radius 2 is 1.74 bits per heavy atom. The molecule has 3 saturated heterocycles. The Labute approximate surface area is 402 Å². The monoisotopic (exact) mass is 949 g/mol. The van der Waals surface area contributed by atoms with Crippen LogP contribution in [0, 0.1) is 24.5 Å². The van der Waals surface area contributed by atoms with Crippen molar-refractivity contribution in [3.63, 3.8) is 0 Å². The number of carbonyl (C=O) groups excluding carboxylic acids is 2. The molecule has 69 heavy (non-hydrogen) atoms. The molecule has 14 nitrogen and oxygen atoms in total. The Morgan fingerprint density at radius 1 is 0.986 bits per heavy atom. The standard InChI is InChI=1S/C53H66F2N8O6/c1-33-41(54)30-44-47(46(33)48-40(50(56)66)13-14-43(49(48)55)68-28-27-64)34(2)53(69-44,38-9-5-4-6-10-38)32-57-20-7-8-21-61-22-15-35(16-23-61)31-62-24-17-36(18-25-62)37-11-12-39-42(29-37)60(3)59-51(39)63-26-19-45(65)58-52(63)67/h4-6,9-14,29-30,34-36,52,57,64,67H,7-8,15-28,31-32H2,1-3H3,(H2,56,66)(H,58,65). The van der Waals surface area contributed by atoms with Crippen molar-refractivity contribution in [2.45, 2.75) is 82.6 Å². The average Bonchev–Trinajstić information content (AvgIpc) is 3.82. The zero-order chi connectivity index (χ0) is 48.4. The largest absolute Gasteiger partial charge is 0.488 e. The highest BCUT2D eigenvalue weighted by Gasteiger charge is 2.49. The molecule has 0 saturated carbocycles. The Balaban J connectivity index is 0.760. The summed E-state index contributed by atoms with van der Waals surface area (Å²) in [5.74, 6) is -0.897. The van der Waals surface area contributed by atoms with Crippen LogP contribution in [0.2, 0.25) is 0 Å². The molecule has 4 aliphatic heterocycles. The topological polar surface area (TPSA) is 171 Å². The average molecular weight is 949 g/mol. The molecule has 368 valence electrons. The number of aryl methyl sites for hydroxylation is 1. The summed E-state index contributed by atoms with van der Waals surface area (Å²) < 4.78 is 46.5. The van der Waals surface area contributed by atoms with Crippen molar-refractivity contribution < 1.29 is 38.1 Å². The van der Waals surface area contributed by atoms with Crippen LogP contribution in [0.1, 0.15) is 96.3 Å². The molecule has 5 aromatic rings. The van der Waals surface area contributed by atoms with Crippen LogP contribution >= 0.6 is 0 Å². The number of anilines is 1. The van der Waals surface area contributed by atoms with Crippen LogP contribution in [0.5, 0.6) is 11.5 Å². The number of primary amides is 1. The third kappa shape index (κ3) is 9.78. The predicted octanol–water partition coefficient (Wildman–Crippen LogP) is 6.25. The second-order valence-corrected chi connectivity index (χ2v) is 19.4. The van der Waals surface area contributed by atoms with Gasteiger partial charge < -0.3 is 50.8 Å². The van der Waals surface area contributed by atoms with Crippen molar-refractivity contribution in [1.29, 1.82) is 0 Å². The highest BCUT2D eigenvalue weighted by molar-refractivity contribution is 6.01. The minimum Gasteiger partial charge on any atom is -0.488 e. The molecule has 5 heterocycles. The number of likely N-dealkylation sites (tertiary alicyclic amines) is 2. The molecule has 16 heteroatoms. The number of aliphatic hydroxyl groups is 2. The molecule has 2 amide bonds. The van der Waals surface area contributed by atoms with E-state index in [2.05, 4.69) is 38.6 Å². The smallest absolute Gasteiger partial charge is 0.249 e. The molecule has 0 spiro atoms. The Bertz CT molecular complexity index is 2650. The van der Waals surface area contributed by atoms with E-state index in [1.54, 1.807) is 11.8 Å². The summed E-state index contributed by atoms with van der Waals surface area (Å²) in [5, 5.41) is 31.8. The molecular formula is C53H66F2N8O6. The number of nitrogens with two attached hydrogens (primary N) is 1. The number of benzene rings is 4. The first kappa shape index (κ1) is 48.4. The number of aliphatic hydroxyl groups excluding tert-OH is 2. The van der Waals surface area contributed by atoms with Gasteiger partial charge in [0.15, 0.2) is 23.0 Å². The van der Waals surface area contributed by atoms with Crippen LogP contribution in [0.3, 0.4) is 0 Å². The molecule has 9 rings (SSSR count). The maximum absolute atomic E-state index is 16.4. The number of hydrogen-bond acceptors (Lipinski definition) is 11. The fraction of sp³-hybridized carbons (Fsp3) is 0.491. The van der Waals surface area contributed by atoms with E-state index < -0.39 is 35.4 Å². The van der Waals surface area contributed by atoms with E-state index in [0.717, 1.165) is 88.0 Å². The van der Waals surface area contributed by atoms with Gasteiger partial charge in [-0.05, 0) is 143 Å². The van der Waals surface area contributed by atoms with Crippen LogP contribution in [0.15, 0.2) is 66.7 Å². The Morgan fingerprint density at radius 3 is 2.46 bits per heavy atom. The van der Waals surface area contributed by atoms with Gasteiger partial charge in [-0.15, -0.1) is 0 Å². The molecule has 1 aromatic heterocycles. The number of piperidine rings is 2. The molecule has 3 fully saturated rings. The van der Waals surface area contributed by atoms with Gasteiger partial charge in [-0.25, -0.2) is 8.78 Å². The van der Waals surface area contributed by atoms with Crippen molar-refractivity contribution in [2.24, 2.45) is 18.7 Å². The van der Waals surface area contributed by atoms with Crippen molar-refractivity contribution in [3.8, 4) is 22.6 Å². The summed E-state index contributed by atoms with van der Waals surface area (Å²) in [6.45, 7) is 11.2. The summed E-state index contributed by atoms with van der Waals surface area (Å²) in [6, 6.07) is 20.4. The van der Waals surface area contributed by atoms with Gasteiger partial charge in [-0.3, -0.25) is 14.3 Å². The van der Waals surface area contributed by atoms with Crippen LogP contribution < -0.4 is 30.7 Å². The highest BCUT2D eigenvalue weighted by Crippen LogP contribution is 2.55. The number of nitrogens with zero attached hydrogens (tertiary/aromatic N) is 5. The van der Waals surface area contributed by atoms with E-state index in [0.29, 0.717) is 42.7 Å². The van der Waals surface area contributed by atoms with Crippen molar-refractivity contribution in [3.05, 3.63) is 106 Å². The van der Waals surface area contributed by atoms with E-state index in [4.69, 9.17) is 20.3 Å². The third-order valence-corrected chi connectivity index (χ3v) is 15.2. The van der Waals surface area contributed by atoms with Gasteiger partial charge in [-0.2, -0.15) is 5.10 Å². The second kappa shape index (κ2) is 20.7. The first-order chi connectivity index (χ1) is 33.4. The second-order valence-electron chi connectivity index (χ2n) is 19.4. The molecule has 0 radical (unpaired) electrons. The maximum atomic E-state index is 16.4. The van der Waals surface area contributed by atoms with Gasteiger partial charge >= 0.3 is 0 Å². The molecule has 4 aromatic carbocycles. The number of unbranched alkanes of at least 4 members (excludes halogenated alkanes) is 1. The summed E-state index contributed by atoms with van der Waals surface area (Å²) in [6.07, 6.45) is 5.91. The van der Waals surface area contributed by atoms with Gasteiger partial charge in [0.2, 0.25) is 18.2 Å². The zero-order valence-electron chi connectivity index (χ0n) is 40.0. The normalized spacial score (nSPS) is 21.7. The van der Waals surface area contributed by atoms with E-state index in [1.807, 2.05) is 49.0 Å². The number of nitrogens with one attached hydrogen (secondary N) is 2. The number of ether oxygens (including phenoxy) is 2. The summed E-state index contributed by atoms with van der Waals surface area (Å²) in [7, 11) is 1.94. The maximum Gasteiger partial charge on any atom is 0.249 e. The number of rotatable bonds is 17. The highest BCUT2D eigenvalue weighted by atomic mass is 19.1. The number of amides is 2. The molecule has 3 unspecified atom stereocenters. The summed E-state index contributed by atoms with van der Waals surface area (Å²) >= 11 is 0. The van der Waals surface area contributed by atoms with Crippen LogP contribution in [-0.4, -0.2) is 120 Å². The van der Waals surface area contributed by atoms with E-state index >= 15 is 8.78 Å². The van der Waals surface area contributed by atoms with E-state index in [1.165, 1.54) is 36.6 Å². The van der Waals surface area contributed by atoms with Gasteiger partial charge in [0.1, 0.15) is 18.2 Å². The molecule has 3 atom stereocenters. The minimum atomic E-state index is -1.08. The van der Waals surface area contributed by atoms with Crippen molar-refractivity contribution in [1.82, 2.24) is 30.2 Å².